The van der Waals surface area contributed by atoms with Crippen molar-refractivity contribution in [3.8, 4) is 0 Å². The lowest BCUT2D eigenvalue weighted by Gasteiger charge is -2.36. The van der Waals surface area contributed by atoms with Crippen LogP contribution in [0.4, 0.5) is 0 Å². The van der Waals surface area contributed by atoms with E-state index in [2.05, 4.69) is 82.5 Å². The first-order valence-corrected chi connectivity index (χ1v) is 8.72. The van der Waals surface area contributed by atoms with Gasteiger partial charge in [0.2, 0.25) is 0 Å². The lowest BCUT2D eigenvalue weighted by atomic mass is 9.92. The van der Waals surface area contributed by atoms with Crippen molar-refractivity contribution in [2.75, 3.05) is 26.2 Å². The van der Waals surface area contributed by atoms with E-state index < -0.39 is 0 Å². The predicted octanol–water partition coefficient (Wildman–Crippen LogP) is 4.06. The van der Waals surface area contributed by atoms with E-state index in [1.54, 1.807) is 0 Å². The van der Waals surface area contributed by atoms with Crippen LogP contribution in [0.15, 0.2) is 46.9 Å². The minimum atomic E-state index is 0.318. The van der Waals surface area contributed by atoms with Crippen molar-refractivity contribution in [2.45, 2.75) is 19.9 Å². The van der Waals surface area contributed by atoms with Crippen molar-refractivity contribution >= 4 is 15.9 Å². The number of aryl methyl sites for hydroxylation is 2. The highest BCUT2D eigenvalue weighted by Crippen LogP contribution is 2.35. The molecule has 0 amide bonds. The third kappa shape index (κ3) is 3.27. The van der Waals surface area contributed by atoms with Gasteiger partial charge < -0.3 is 5.32 Å². The number of nitrogens with one attached hydrogen (secondary N) is 1. The third-order valence-electron chi connectivity index (χ3n) is 4.44. The van der Waals surface area contributed by atoms with Gasteiger partial charge in [-0.15, -0.1) is 0 Å². The zero-order chi connectivity index (χ0) is 15.5. The molecule has 1 saturated heterocycles. The quantitative estimate of drug-likeness (QED) is 0.889. The molecule has 2 aromatic rings. The number of rotatable bonds is 3. The molecule has 1 heterocycles. The Morgan fingerprint density at radius 2 is 1.73 bits per heavy atom. The fraction of sp³-hybridized carbons (Fsp3) is 0.368. The van der Waals surface area contributed by atoms with Crippen LogP contribution in [0.1, 0.15) is 28.3 Å². The minimum Gasteiger partial charge on any atom is -0.314 e. The van der Waals surface area contributed by atoms with Gasteiger partial charge in [0.25, 0.3) is 0 Å². The number of benzene rings is 2. The van der Waals surface area contributed by atoms with Crippen LogP contribution in [0, 0.1) is 13.8 Å². The first-order valence-electron chi connectivity index (χ1n) is 7.93. The van der Waals surface area contributed by atoms with Crippen LogP contribution in [-0.4, -0.2) is 31.1 Å². The average molecular weight is 359 g/mol. The van der Waals surface area contributed by atoms with Gasteiger partial charge in [-0.05, 0) is 36.6 Å². The molecule has 116 valence electrons. The normalized spacial score (nSPS) is 17.4. The summed E-state index contributed by atoms with van der Waals surface area (Å²) in [7, 11) is 0. The Kier molecular flexibility index (Phi) is 4.97. The lowest BCUT2D eigenvalue weighted by Crippen LogP contribution is -2.45. The first-order chi connectivity index (χ1) is 10.7. The van der Waals surface area contributed by atoms with Crippen molar-refractivity contribution in [1.82, 2.24) is 10.2 Å². The summed E-state index contributed by atoms with van der Waals surface area (Å²) >= 11 is 3.76. The molecule has 2 aromatic carbocycles. The number of halogens is 1. The molecular weight excluding hydrogens is 336 g/mol. The van der Waals surface area contributed by atoms with Crippen molar-refractivity contribution in [3.05, 3.63) is 69.2 Å². The van der Waals surface area contributed by atoms with Crippen molar-refractivity contribution < 1.29 is 0 Å². The summed E-state index contributed by atoms with van der Waals surface area (Å²) in [6, 6.07) is 15.8. The predicted molar refractivity (Wildman–Crippen MR) is 96.3 cm³/mol. The number of hydrogen-bond acceptors (Lipinski definition) is 2. The second-order valence-corrected chi connectivity index (χ2v) is 6.92. The van der Waals surface area contributed by atoms with E-state index >= 15 is 0 Å². The Labute approximate surface area is 141 Å². The van der Waals surface area contributed by atoms with Gasteiger partial charge in [0.05, 0.1) is 6.04 Å². The van der Waals surface area contributed by atoms with Crippen LogP contribution in [-0.2, 0) is 0 Å². The van der Waals surface area contributed by atoms with Crippen molar-refractivity contribution in [2.24, 2.45) is 0 Å². The number of hydrogen-bond donors (Lipinski definition) is 1. The molecule has 3 heteroatoms. The summed E-state index contributed by atoms with van der Waals surface area (Å²) < 4.78 is 1.19. The van der Waals surface area contributed by atoms with Gasteiger partial charge in [0.15, 0.2) is 0 Å². The molecule has 1 aliphatic heterocycles. The Balaban J connectivity index is 2.08. The van der Waals surface area contributed by atoms with Gasteiger partial charge in [-0.2, -0.15) is 0 Å². The largest absolute Gasteiger partial charge is 0.314 e. The number of piperazine rings is 1. The molecule has 1 unspecified atom stereocenters. The zero-order valence-electron chi connectivity index (χ0n) is 13.3. The summed E-state index contributed by atoms with van der Waals surface area (Å²) in [6.45, 7) is 8.68. The van der Waals surface area contributed by atoms with E-state index in [4.69, 9.17) is 0 Å². The Morgan fingerprint density at radius 3 is 2.41 bits per heavy atom. The highest BCUT2D eigenvalue weighted by molar-refractivity contribution is 9.10. The van der Waals surface area contributed by atoms with Crippen LogP contribution in [0.2, 0.25) is 0 Å². The van der Waals surface area contributed by atoms with Gasteiger partial charge in [-0.3, -0.25) is 4.90 Å². The molecule has 0 saturated carbocycles. The Morgan fingerprint density at radius 1 is 1.00 bits per heavy atom. The highest BCUT2D eigenvalue weighted by Gasteiger charge is 2.26. The highest BCUT2D eigenvalue weighted by atomic mass is 79.9. The fourth-order valence-electron chi connectivity index (χ4n) is 3.33. The second-order valence-electron chi connectivity index (χ2n) is 6.07. The molecule has 0 bridgehead atoms. The van der Waals surface area contributed by atoms with Gasteiger partial charge in [-0.25, -0.2) is 0 Å². The van der Waals surface area contributed by atoms with Crippen LogP contribution < -0.4 is 5.32 Å². The van der Waals surface area contributed by atoms with Gasteiger partial charge in [-0.1, -0.05) is 57.9 Å². The smallest absolute Gasteiger partial charge is 0.0616 e. The van der Waals surface area contributed by atoms with E-state index in [0.717, 1.165) is 26.2 Å². The van der Waals surface area contributed by atoms with Crippen molar-refractivity contribution in [3.63, 3.8) is 0 Å². The molecule has 1 N–H and O–H groups in total. The van der Waals surface area contributed by atoms with E-state index in [0.29, 0.717) is 6.04 Å². The van der Waals surface area contributed by atoms with Crippen LogP contribution in [0.5, 0.6) is 0 Å². The third-order valence-corrected chi connectivity index (χ3v) is 5.16. The molecule has 22 heavy (non-hydrogen) atoms. The van der Waals surface area contributed by atoms with E-state index in [1.807, 2.05) is 0 Å². The molecule has 1 atom stereocenters. The monoisotopic (exact) mass is 358 g/mol. The number of nitrogens with zero attached hydrogens (tertiary/aromatic N) is 1. The Bertz CT molecular complexity index is 648. The molecule has 0 aromatic heterocycles. The maximum absolute atomic E-state index is 3.76. The minimum absolute atomic E-state index is 0.318. The molecule has 1 aliphatic rings. The zero-order valence-corrected chi connectivity index (χ0v) is 14.9. The summed E-state index contributed by atoms with van der Waals surface area (Å²) in [4.78, 5) is 2.59. The second kappa shape index (κ2) is 6.95. The summed E-state index contributed by atoms with van der Waals surface area (Å²) in [5.74, 6) is 0. The molecule has 0 radical (unpaired) electrons. The maximum atomic E-state index is 3.76. The molecule has 3 rings (SSSR count). The standard InChI is InChI=1S/C19H23BrN2/c1-14-7-8-16(15(2)13-14)19(22-11-9-21-10-12-22)17-5-3-4-6-18(17)20/h3-8,13,19,21H,9-12H2,1-2H3. The van der Waals surface area contributed by atoms with Gasteiger partial charge in [0.1, 0.15) is 0 Å². The van der Waals surface area contributed by atoms with Gasteiger partial charge >= 0.3 is 0 Å². The van der Waals surface area contributed by atoms with Crippen LogP contribution in [0.25, 0.3) is 0 Å². The Hall–Kier alpha value is -1.16. The van der Waals surface area contributed by atoms with Crippen LogP contribution in [0.3, 0.4) is 0 Å². The molecule has 2 nitrogen and oxygen atoms in total. The molecule has 0 aliphatic carbocycles. The lowest BCUT2D eigenvalue weighted by molar-refractivity contribution is 0.197. The van der Waals surface area contributed by atoms with Gasteiger partial charge in [0, 0.05) is 30.7 Å². The summed E-state index contributed by atoms with van der Waals surface area (Å²) in [5.41, 5.74) is 5.47. The SMILES string of the molecule is Cc1ccc(C(c2ccccc2Br)N2CCNCC2)c(C)c1. The fourth-order valence-corrected chi connectivity index (χ4v) is 3.83. The molecule has 1 fully saturated rings. The van der Waals surface area contributed by atoms with Crippen molar-refractivity contribution in [1.29, 1.82) is 0 Å². The summed E-state index contributed by atoms with van der Waals surface area (Å²) in [6.07, 6.45) is 0. The molecular formula is C19H23BrN2. The summed E-state index contributed by atoms with van der Waals surface area (Å²) in [5, 5.41) is 3.46. The van der Waals surface area contributed by atoms with E-state index in [-0.39, 0.29) is 0 Å². The first kappa shape index (κ1) is 15.7. The molecule has 0 spiro atoms. The maximum Gasteiger partial charge on any atom is 0.0616 e. The van der Waals surface area contributed by atoms with E-state index in [9.17, 15) is 0 Å². The topological polar surface area (TPSA) is 15.3 Å². The van der Waals surface area contributed by atoms with E-state index in [1.165, 1.54) is 26.7 Å². The van der Waals surface area contributed by atoms with Crippen LogP contribution >= 0.6 is 15.9 Å². The average Bonchev–Trinajstić information content (AvgIpc) is 2.52.